The molecule has 0 spiro atoms. The molecule has 6 heteroatoms. The van der Waals surface area contributed by atoms with Crippen LogP contribution in [0.3, 0.4) is 0 Å². The normalized spacial score (nSPS) is 22.8. The fraction of sp³-hybridized carbons (Fsp3) is 0.571. The molecule has 112 valence electrons. The van der Waals surface area contributed by atoms with E-state index in [0.29, 0.717) is 5.69 Å². The molecule has 5 nitrogen and oxygen atoms in total. The standard InChI is InChI=1S/C14H22N2O3S/c1-10-8-16(9-14(2,3)19-10)13-6-5-11(7-12(13)15)20(4,17)18/h5-7,10H,8-9,15H2,1-4H3. The van der Waals surface area contributed by atoms with Gasteiger partial charge in [-0.05, 0) is 39.0 Å². The summed E-state index contributed by atoms with van der Waals surface area (Å²) >= 11 is 0. The van der Waals surface area contributed by atoms with Gasteiger partial charge >= 0.3 is 0 Å². The maximum absolute atomic E-state index is 11.5. The summed E-state index contributed by atoms with van der Waals surface area (Å²) in [7, 11) is -3.23. The highest BCUT2D eigenvalue weighted by atomic mass is 32.2. The monoisotopic (exact) mass is 298 g/mol. The van der Waals surface area contributed by atoms with Gasteiger partial charge in [0.15, 0.2) is 9.84 Å². The SMILES string of the molecule is CC1CN(c2ccc(S(C)(=O)=O)cc2N)CC(C)(C)O1. The first-order chi connectivity index (χ1) is 9.08. The lowest BCUT2D eigenvalue weighted by atomic mass is 10.0. The average molecular weight is 298 g/mol. The molecule has 0 aromatic heterocycles. The Hall–Kier alpha value is -1.27. The summed E-state index contributed by atoms with van der Waals surface area (Å²) in [5.41, 5.74) is 7.13. The molecule has 20 heavy (non-hydrogen) atoms. The molecule has 1 atom stereocenters. The Bertz CT molecular complexity index is 611. The highest BCUT2D eigenvalue weighted by Crippen LogP contribution is 2.31. The first-order valence-corrected chi connectivity index (χ1v) is 8.50. The van der Waals surface area contributed by atoms with Crippen LogP contribution in [0.2, 0.25) is 0 Å². The maximum Gasteiger partial charge on any atom is 0.175 e. The number of hydrogen-bond donors (Lipinski definition) is 1. The third kappa shape index (κ3) is 3.24. The van der Waals surface area contributed by atoms with Gasteiger partial charge in [-0.25, -0.2) is 8.42 Å². The van der Waals surface area contributed by atoms with Crippen LogP contribution >= 0.6 is 0 Å². The number of ether oxygens (including phenoxy) is 1. The maximum atomic E-state index is 11.5. The topological polar surface area (TPSA) is 72.6 Å². The van der Waals surface area contributed by atoms with E-state index in [1.54, 1.807) is 12.1 Å². The van der Waals surface area contributed by atoms with Crippen molar-refractivity contribution < 1.29 is 13.2 Å². The molecule has 0 radical (unpaired) electrons. The van der Waals surface area contributed by atoms with Crippen molar-refractivity contribution >= 4 is 21.2 Å². The van der Waals surface area contributed by atoms with E-state index in [2.05, 4.69) is 4.90 Å². The second-order valence-corrected chi connectivity index (χ2v) is 8.08. The van der Waals surface area contributed by atoms with Crippen LogP contribution in [0.1, 0.15) is 20.8 Å². The number of anilines is 2. The van der Waals surface area contributed by atoms with Gasteiger partial charge in [0.05, 0.1) is 28.0 Å². The van der Waals surface area contributed by atoms with Crippen LogP contribution in [0.5, 0.6) is 0 Å². The Morgan fingerprint density at radius 2 is 2.05 bits per heavy atom. The zero-order valence-corrected chi connectivity index (χ0v) is 13.2. The number of hydrogen-bond acceptors (Lipinski definition) is 5. The molecule has 1 aliphatic rings. The van der Waals surface area contributed by atoms with E-state index >= 15 is 0 Å². The third-order valence-electron chi connectivity index (χ3n) is 3.34. The molecule has 1 saturated heterocycles. The van der Waals surface area contributed by atoms with Crippen LogP contribution in [0, 0.1) is 0 Å². The van der Waals surface area contributed by atoms with Gasteiger partial charge in [-0.15, -0.1) is 0 Å². The van der Waals surface area contributed by atoms with Gasteiger partial charge in [0.1, 0.15) is 0 Å². The van der Waals surface area contributed by atoms with Crippen molar-refractivity contribution in [2.75, 3.05) is 30.0 Å². The molecular formula is C14H22N2O3S. The number of sulfone groups is 1. The predicted molar refractivity (Wildman–Crippen MR) is 80.8 cm³/mol. The Morgan fingerprint density at radius 3 is 2.55 bits per heavy atom. The van der Waals surface area contributed by atoms with Gasteiger partial charge in [0.25, 0.3) is 0 Å². The highest BCUT2D eigenvalue weighted by Gasteiger charge is 2.32. The Balaban J connectivity index is 2.34. The molecule has 1 unspecified atom stereocenters. The minimum absolute atomic E-state index is 0.104. The van der Waals surface area contributed by atoms with Crippen molar-refractivity contribution in [2.45, 2.75) is 37.4 Å². The van der Waals surface area contributed by atoms with Crippen molar-refractivity contribution in [3.8, 4) is 0 Å². The van der Waals surface area contributed by atoms with Crippen LogP contribution in [0.15, 0.2) is 23.1 Å². The molecule has 1 aromatic rings. The van der Waals surface area contributed by atoms with Crippen LogP contribution in [0.25, 0.3) is 0 Å². The largest absolute Gasteiger partial charge is 0.397 e. The van der Waals surface area contributed by atoms with Gasteiger partial charge in [-0.3, -0.25) is 0 Å². The lowest BCUT2D eigenvalue weighted by Gasteiger charge is -2.43. The molecule has 0 bridgehead atoms. The molecular weight excluding hydrogens is 276 g/mol. The van der Waals surface area contributed by atoms with Gasteiger partial charge in [0.2, 0.25) is 0 Å². The zero-order chi connectivity index (χ0) is 15.1. The van der Waals surface area contributed by atoms with Crippen molar-refractivity contribution in [3.63, 3.8) is 0 Å². The lowest BCUT2D eigenvalue weighted by Crippen LogP contribution is -2.52. The second-order valence-electron chi connectivity index (χ2n) is 6.06. The molecule has 0 saturated carbocycles. The average Bonchev–Trinajstić information content (AvgIpc) is 2.24. The van der Waals surface area contributed by atoms with Gasteiger partial charge in [-0.1, -0.05) is 0 Å². The Kier molecular flexibility index (Phi) is 3.73. The van der Waals surface area contributed by atoms with E-state index in [9.17, 15) is 8.42 Å². The van der Waals surface area contributed by atoms with Crippen LogP contribution in [0.4, 0.5) is 11.4 Å². The summed E-state index contributed by atoms with van der Waals surface area (Å²) in [4.78, 5) is 2.40. The molecule has 2 N–H and O–H groups in total. The van der Waals surface area contributed by atoms with E-state index < -0.39 is 9.84 Å². The fourth-order valence-electron chi connectivity index (χ4n) is 2.69. The summed E-state index contributed by atoms with van der Waals surface area (Å²) in [5, 5.41) is 0. The summed E-state index contributed by atoms with van der Waals surface area (Å²) < 4.78 is 28.9. The van der Waals surface area contributed by atoms with E-state index in [1.807, 2.05) is 20.8 Å². The molecule has 2 rings (SSSR count). The second kappa shape index (κ2) is 4.93. The quantitative estimate of drug-likeness (QED) is 0.841. The van der Waals surface area contributed by atoms with Crippen molar-refractivity contribution in [1.29, 1.82) is 0 Å². The van der Waals surface area contributed by atoms with Gasteiger partial charge in [0, 0.05) is 19.3 Å². The number of morpholine rings is 1. The summed E-state index contributed by atoms with van der Waals surface area (Å²) in [6.07, 6.45) is 1.29. The highest BCUT2D eigenvalue weighted by molar-refractivity contribution is 7.90. The van der Waals surface area contributed by atoms with Crippen molar-refractivity contribution in [2.24, 2.45) is 0 Å². The van der Waals surface area contributed by atoms with E-state index in [4.69, 9.17) is 10.5 Å². The van der Waals surface area contributed by atoms with E-state index in [-0.39, 0.29) is 16.6 Å². The van der Waals surface area contributed by atoms with E-state index in [0.717, 1.165) is 18.8 Å². The van der Waals surface area contributed by atoms with Crippen LogP contribution in [-0.2, 0) is 14.6 Å². The molecule has 1 fully saturated rings. The first kappa shape index (κ1) is 15.1. The number of rotatable bonds is 2. The molecule has 1 aromatic carbocycles. The van der Waals surface area contributed by atoms with E-state index in [1.165, 1.54) is 12.3 Å². The minimum Gasteiger partial charge on any atom is -0.397 e. The molecule has 0 aliphatic carbocycles. The Labute approximate surface area is 120 Å². The van der Waals surface area contributed by atoms with Gasteiger partial charge < -0.3 is 15.4 Å². The molecule has 0 amide bonds. The van der Waals surface area contributed by atoms with Gasteiger partial charge in [-0.2, -0.15) is 0 Å². The van der Waals surface area contributed by atoms with Crippen molar-refractivity contribution in [3.05, 3.63) is 18.2 Å². The Morgan fingerprint density at radius 1 is 1.40 bits per heavy atom. The fourth-order valence-corrected chi connectivity index (χ4v) is 3.34. The minimum atomic E-state index is -3.23. The van der Waals surface area contributed by atoms with Crippen molar-refractivity contribution in [1.82, 2.24) is 0 Å². The molecule has 1 aliphatic heterocycles. The predicted octanol–water partition coefficient (Wildman–Crippen LogP) is 1.68. The molecule has 1 heterocycles. The number of nitrogens with two attached hydrogens (primary N) is 1. The number of nitrogen functional groups attached to an aromatic ring is 1. The zero-order valence-electron chi connectivity index (χ0n) is 12.4. The van der Waals surface area contributed by atoms with Crippen LogP contribution < -0.4 is 10.6 Å². The third-order valence-corrected chi connectivity index (χ3v) is 4.45. The van der Waals surface area contributed by atoms with Crippen LogP contribution in [-0.4, -0.2) is 39.5 Å². The summed E-state index contributed by atoms with van der Waals surface area (Å²) in [5.74, 6) is 0. The summed E-state index contributed by atoms with van der Waals surface area (Å²) in [6, 6.07) is 4.91. The number of nitrogens with zero attached hydrogens (tertiary/aromatic N) is 1. The first-order valence-electron chi connectivity index (χ1n) is 6.61. The lowest BCUT2D eigenvalue weighted by molar-refractivity contribution is -0.0749. The summed E-state index contributed by atoms with van der Waals surface area (Å²) in [6.45, 7) is 7.56. The number of benzene rings is 1. The smallest absolute Gasteiger partial charge is 0.175 e.